The van der Waals surface area contributed by atoms with Crippen LogP contribution in [0.4, 0.5) is 5.69 Å². The highest BCUT2D eigenvalue weighted by Crippen LogP contribution is 2.22. The maximum absolute atomic E-state index is 11.0. The second-order valence-electron chi connectivity index (χ2n) is 5.53. The van der Waals surface area contributed by atoms with Crippen LogP contribution in [0, 0.1) is 0 Å². The summed E-state index contributed by atoms with van der Waals surface area (Å²) in [6.07, 6.45) is 6.69. The van der Waals surface area contributed by atoms with Crippen LogP contribution in [0.15, 0.2) is 24.3 Å². The van der Waals surface area contributed by atoms with Gasteiger partial charge in [0, 0.05) is 24.7 Å². The third kappa shape index (κ3) is 4.35. The van der Waals surface area contributed by atoms with E-state index in [9.17, 15) is 4.79 Å². The quantitative estimate of drug-likeness (QED) is 0.868. The Morgan fingerprint density at radius 2 is 1.79 bits per heavy atom. The molecule has 1 aromatic carbocycles. The molecule has 104 valence electrons. The molecule has 1 saturated carbocycles. The second kappa shape index (κ2) is 6.71. The van der Waals surface area contributed by atoms with Crippen LogP contribution in [0.1, 0.15) is 57.6 Å². The summed E-state index contributed by atoms with van der Waals surface area (Å²) >= 11 is 0. The van der Waals surface area contributed by atoms with Gasteiger partial charge in [-0.25, -0.2) is 0 Å². The summed E-state index contributed by atoms with van der Waals surface area (Å²) in [4.78, 5) is 11.0. The molecule has 19 heavy (non-hydrogen) atoms. The molecule has 1 aliphatic rings. The lowest BCUT2D eigenvalue weighted by molar-refractivity contribution is -0.114. The van der Waals surface area contributed by atoms with Crippen molar-refractivity contribution in [3.63, 3.8) is 0 Å². The Labute approximate surface area is 115 Å². The van der Waals surface area contributed by atoms with E-state index in [4.69, 9.17) is 0 Å². The summed E-state index contributed by atoms with van der Waals surface area (Å²) in [5.41, 5.74) is 2.14. The number of hydrogen-bond donors (Lipinski definition) is 2. The minimum atomic E-state index is -0.0267. The van der Waals surface area contributed by atoms with Crippen LogP contribution in [-0.4, -0.2) is 11.9 Å². The molecule has 3 heteroatoms. The van der Waals surface area contributed by atoms with Gasteiger partial charge in [0.25, 0.3) is 0 Å². The van der Waals surface area contributed by atoms with Crippen LogP contribution >= 0.6 is 0 Å². The SMILES string of the molecule is CC(=O)Nc1ccc([C@H](C)NC2CCCCC2)cc1. The predicted molar refractivity (Wildman–Crippen MR) is 79.2 cm³/mol. The number of nitrogens with one attached hydrogen (secondary N) is 2. The van der Waals surface area contributed by atoms with Gasteiger partial charge in [0.2, 0.25) is 5.91 Å². The molecule has 0 aromatic heterocycles. The number of anilines is 1. The number of carbonyl (C=O) groups excluding carboxylic acids is 1. The van der Waals surface area contributed by atoms with Gasteiger partial charge in [-0.1, -0.05) is 31.4 Å². The van der Waals surface area contributed by atoms with E-state index in [-0.39, 0.29) is 5.91 Å². The van der Waals surface area contributed by atoms with Gasteiger partial charge in [0.15, 0.2) is 0 Å². The van der Waals surface area contributed by atoms with E-state index in [2.05, 4.69) is 29.7 Å². The first-order valence-corrected chi connectivity index (χ1v) is 7.29. The summed E-state index contributed by atoms with van der Waals surface area (Å²) in [6, 6.07) is 9.15. The first-order chi connectivity index (χ1) is 9.15. The highest BCUT2D eigenvalue weighted by Gasteiger charge is 2.16. The lowest BCUT2D eigenvalue weighted by atomic mass is 9.94. The Bertz CT molecular complexity index is 407. The molecule has 0 radical (unpaired) electrons. The van der Waals surface area contributed by atoms with Gasteiger partial charge in [-0.3, -0.25) is 4.79 Å². The van der Waals surface area contributed by atoms with E-state index in [1.54, 1.807) is 0 Å². The van der Waals surface area contributed by atoms with Crippen LogP contribution in [0.3, 0.4) is 0 Å². The number of amides is 1. The highest BCUT2D eigenvalue weighted by atomic mass is 16.1. The van der Waals surface area contributed by atoms with E-state index in [0.717, 1.165) is 5.69 Å². The Hall–Kier alpha value is -1.35. The van der Waals surface area contributed by atoms with Crippen LogP contribution in [0.5, 0.6) is 0 Å². The van der Waals surface area contributed by atoms with Crippen LogP contribution in [-0.2, 0) is 4.79 Å². The summed E-state index contributed by atoms with van der Waals surface area (Å²) < 4.78 is 0. The zero-order chi connectivity index (χ0) is 13.7. The molecule has 1 amide bonds. The second-order valence-corrected chi connectivity index (χ2v) is 5.53. The van der Waals surface area contributed by atoms with Crippen molar-refractivity contribution in [3.05, 3.63) is 29.8 Å². The van der Waals surface area contributed by atoms with Gasteiger partial charge in [-0.15, -0.1) is 0 Å². The third-order valence-corrected chi connectivity index (χ3v) is 3.82. The van der Waals surface area contributed by atoms with E-state index in [1.165, 1.54) is 44.6 Å². The lowest BCUT2D eigenvalue weighted by Crippen LogP contribution is -2.33. The van der Waals surface area contributed by atoms with Crippen LogP contribution < -0.4 is 10.6 Å². The maximum atomic E-state index is 11.0. The summed E-state index contributed by atoms with van der Waals surface area (Å²) in [6.45, 7) is 3.74. The van der Waals surface area contributed by atoms with Gasteiger partial charge in [-0.2, -0.15) is 0 Å². The van der Waals surface area contributed by atoms with Crippen molar-refractivity contribution in [2.24, 2.45) is 0 Å². The Kier molecular flexibility index (Phi) is 4.97. The molecule has 2 N–H and O–H groups in total. The van der Waals surface area contributed by atoms with Gasteiger partial charge >= 0.3 is 0 Å². The van der Waals surface area contributed by atoms with Crippen molar-refractivity contribution in [1.29, 1.82) is 0 Å². The Morgan fingerprint density at radius 1 is 1.16 bits per heavy atom. The Balaban J connectivity index is 1.91. The number of benzene rings is 1. The van der Waals surface area contributed by atoms with Crippen molar-refractivity contribution in [3.8, 4) is 0 Å². The number of hydrogen-bond acceptors (Lipinski definition) is 2. The van der Waals surface area contributed by atoms with E-state index in [1.807, 2.05) is 12.1 Å². The molecule has 0 spiro atoms. The fourth-order valence-electron chi connectivity index (χ4n) is 2.78. The average molecular weight is 260 g/mol. The number of carbonyl (C=O) groups is 1. The minimum absolute atomic E-state index is 0.0267. The molecular formula is C16H24N2O. The molecule has 0 saturated heterocycles. The topological polar surface area (TPSA) is 41.1 Å². The van der Waals surface area contributed by atoms with Crippen LogP contribution in [0.25, 0.3) is 0 Å². The highest BCUT2D eigenvalue weighted by molar-refractivity contribution is 5.88. The van der Waals surface area contributed by atoms with E-state index < -0.39 is 0 Å². The van der Waals surface area contributed by atoms with Gasteiger partial charge in [0.1, 0.15) is 0 Å². The molecule has 0 unspecified atom stereocenters. The van der Waals surface area contributed by atoms with E-state index >= 15 is 0 Å². The molecule has 0 aliphatic heterocycles. The van der Waals surface area contributed by atoms with Gasteiger partial charge in [0.05, 0.1) is 0 Å². The third-order valence-electron chi connectivity index (χ3n) is 3.82. The zero-order valence-electron chi connectivity index (χ0n) is 11.9. The molecule has 2 rings (SSSR count). The molecule has 3 nitrogen and oxygen atoms in total. The molecule has 1 fully saturated rings. The average Bonchev–Trinajstić information content (AvgIpc) is 2.40. The van der Waals surface area contributed by atoms with Crippen molar-refractivity contribution >= 4 is 11.6 Å². The lowest BCUT2D eigenvalue weighted by Gasteiger charge is -2.27. The summed E-state index contributed by atoms with van der Waals surface area (Å²) in [5, 5.41) is 6.50. The van der Waals surface area contributed by atoms with Gasteiger partial charge in [-0.05, 0) is 37.5 Å². The van der Waals surface area contributed by atoms with Crippen molar-refractivity contribution in [2.45, 2.75) is 58.0 Å². The van der Waals surface area contributed by atoms with Crippen molar-refractivity contribution < 1.29 is 4.79 Å². The fourth-order valence-corrected chi connectivity index (χ4v) is 2.78. The zero-order valence-corrected chi connectivity index (χ0v) is 11.9. The summed E-state index contributed by atoms with van der Waals surface area (Å²) in [5.74, 6) is -0.0267. The predicted octanol–water partition coefficient (Wildman–Crippen LogP) is 3.63. The first kappa shape index (κ1) is 14.1. The molecule has 0 heterocycles. The smallest absolute Gasteiger partial charge is 0.221 e. The monoisotopic (exact) mass is 260 g/mol. The molecule has 1 aromatic rings. The Morgan fingerprint density at radius 3 is 2.37 bits per heavy atom. The molecular weight excluding hydrogens is 236 g/mol. The van der Waals surface area contributed by atoms with Crippen molar-refractivity contribution in [1.82, 2.24) is 5.32 Å². The number of rotatable bonds is 4. The minimum Gasteiger partial charge on any atom is -0.326 e. The molecule has 1 aliphatic carbocycles. The maximum Gasteiger partial charge on any atom is 0.221 e. The fraction of sp³-hybridized carbons (Fsp3) is 0.562. The largest absolute Gasteiger partial charge is 0.326 e. The first-order valence-electron chi connectivity index (χ1n) is 7.29. The molecule has 1 atom stereocenters. The standard InChI is InChI=1S/C16H24N2O/c1-12(17-15-6-4-3-5-7-15)14-8-10-16(11-9-14)18-13(2)19/h8-12,15,17H,3-7H2,1-2H3,(H,18,19)/t12-/m0/s1. The summed E-state index contributed by atoms with van der Waals surface area (Å²) in [7, 11) is 0. The van der Waals surface area contributed by atoms with E-state index in [0.29, 0.717) is 12.1 Å². The van der Waals surface area contributed by atoms with Gasteiger partial charge < -0.3 is 10.6 Å². The van der Waals surface area contributed by atoms with Crippen molar-refractivity contribution in [2.75, 3.05) is 5.32 Å². The van der Waals surface area contributed by atoms with Crippen LogP contribution in [0.2, 0.25) is 0 Å². The normalized spacial score (nSPS) is 18.0. The molecule has 0 bridgehead atoms.